The molecule has 1 aromatic heterocycles. The minimum absolute atomic E-state index is 0.0785. The van der Waals surface area contributed by atoms with Crippen LogP contribution in [0.1, 0.15) is 42.2 Å². The van der Waals surface area contributed by atoms with Gasteiger partial charge in [-0.2, -0.15) is 0 Å². The summed E-state index contributed by atoms with van der Waals surface area (Å²) < 4.78 is 32.1. The molecular weight excluding hydrogens is 418 g/mol. The summed E-state index contributed by atoms with van der Waals surface area (Å²) in [6.45, 7) is 5.84. The molecule has 30 heavy (non-hydrogen) atoms. The van der Waals surface area contributed by atoms with E-state index in [4.69, 9.17) is 4.74 Å². The number of hydrogen-bond acceptors (Lipinski definition) is 5. The fourth-order valence-electron chi connectivity index (χ4n) is 3.57. The van der Waals surface area contributed by atoms with Crippen LogP contribution in [0.4, 0.5) is 5.69 Å². The van der Waals surface area contributed by atoms with Crippen LogP contribution >= 0.6 is 11.3 Å². The molecule has 2 heterocycles. The Balaban J connectivity index is 1.73. The number of thiophene rings is 1. The monoisotopic (exact) mass is 441 g/mol. The Labute approximate surface area is 180 Å². The first kappa shape index (κ1) is 20.6. The van der Waals surface area contributed by atoms with Gasteiger partial charge in [-0.1, -0.05) is 29.8 Å². The second-order valence-electron chi connectivity index (χ2n) is 7.70. The molecule has 0 unspecified atom stereocenters. The maximum Gasteiger partial charge on any atom is 0.225 e. The van der Waals surface area contributed by atoms with Crippen LogP contribution in [0, 0.1) is 6.92 Å². The molecule has 1 N–H and O–H groups in total. The third kappa shape index (κ3) is 3.87. The van der Waals surface area contributed by atoms with E-state index in [-0.39, 0.29) is 34.1 Å². The fraction of sp³-hybridized carbons (Fsp3) is 0.261. The summed E-state index contributed by atoms with van der Waals surface area (Å²) in [5.41, 5.74) is 2.35. The summed E-state index contributed by atoms with van der Waals surface area (Å²) in [5, 5.41) is 4.43. The highest BCUT2D eigenvalue weighted by Crippen LogP contribution is 2.46. The topological polar surface area (TPSA) is 72.5 Å². The first-order valence-electron chi connectivity index (χ1n) is 9.75. The van der Waals surface area contributed by atoms with Gasteiger partial charge in [0.15, 0.2) is 0 Å². The van der Waals surface area contributed by atoms with Crippen LogP contribution < -0.4 is 10.1 Å². The highest BCUT2D eigenvalue weighted by molar-refractivity contribution is 7.91. The van der Waals surface area contributed by atoms with Crippen LogP contribution in [0.15, 0.2) is 63.7 Å². The van der Waals surface area contributed by atoms with Gasteiger partial charge in [0.05, 0.1) is 16.7 Å². The van der Waals surface area contributed by atoms with Crippen LogP contribution in [0.2, 0.25) is 0 Å². The number of carbonyl (C=O) groups excluding carboxylic acids is 1. The Morgan fingerprint density at radius 1 is 1.07 bits per heavy atom. The quantitative estimate of drug-likeness (QED) is 0.594. The number of aryl methyl sites for hydroxylation is 1. The van der Waals surface area contributed by atoms with E-state index >= 15 is 0 Å². The zero-order valence-electron chi connectivity index (χ0n) is 17.0. The Hall–Kier alpha value is -2.64. The van der Waals surface area contributed by atoms with Crippen molar-refractivity contribution in [3.63, 3.8) is 0 Å². The van der Waals surface area contributed by atoms with Gasteiger partial charge in [-0.25, -0.2) is 8.42 Å². The van der Waals surface area contributed by atoms with Crippen molar-refractivity contribution in [2.75, 3.05) is 5.32 Å². The summed E-state index contributed by atoms with van der Waals surface area (Å²) >= 11 is 1.37. The number of hydrogen-bond donors (Lipinski definition) is 1. The third-order valence-corrected chi connectivity index (χ3v) is 8.07. The number of anilines is 1. The number of ether oxygens (including phenoxy) is 1. The normalized spacial score (nSPS) is 16.3. The number of fused-ring (bicyclic) bond motifs is 1. The number of amides is 1. The Morgan fingerprint density at radius 3 is 2.37 bits per heavy atom. The molecule has 0 bridgehead atoms. The molecule has 3 aromatic rings. The minimum atomic E-state index is -3.73. The number of sulfone groups is 1. The van der Waals surface area contributed by atoms with Crippen molar-refractivity contribution in [2.24, 2.45) is 0 Å². The van der Waals surface area contributed by atoms with Gasteiger partial charge in [-0.3, -0.25) is 4.79 Å². The van der Waals surface area contributed by atoms with Gasteiger partial charge in [0.25, 0.3) is 0 Å². The molecular formula is C23H23NO4S2. The average Bonchev–Trinajstić information content (AvgIpc) is 3.12. The van der Waals surface area contributed by atoms with E-state index in [0.717, 1.165) is 21.8 Å². The van der Waals surface area contributed by atoms with E-state index in [9.17, 15) is 13.2 Å². The molecule has 2 aromatic carbocycles. The molecule has 156 valence electrons. The van der Waals surface area contributed by atoms with E-state index in [1.54, 1.807) is 29.6 Å². The van der Waals surface area contributed by atoms with E-state index in [0.29, 0.717) is 5.69 Å². The molecule has 0 radical (unpaired) electrons. The molecule has 0 saturated heterocycles. The second-order valence-corrected chi connectivity index (χ2v) is 10.5. The molecule has 4 rings (SSSR count). The van der Waals surface area contributed by atoms with Gasteiger partial charge in [0, 0.05) is 22.6 Å². The SMILES string of the molecule is Cc1ccc(S(=O)(=O)c2csc3c2NC(=O)C[C@H]3c2ccc(OC(C)C)cc2)cc1. The molecule has 1 amide bonds. The van der Waals surface area contributed by atoms with Crippen LogP contribution in [-0.2, 0) is 14.6 Å². The Bertz CT molecular complexity index is 1180. The number of nitrogens with one attached hydrogen (secondary N) is 1. The van der Waals surface area contributed by atoms with E-state index in [1.807, 2.05) is 45.0 Å². The molecule has 7 heteroatoms. The van der Waals surface area contributed by atoms with Crippen LogP contribution in [0.25, 0.3) is 0 Å². The molecule has 1 atom stereocenters. The van der Waals surface area contributed by atoms with E-state index in [1.165, 1.54) is 11.3 Å². The maximum atomic E-state index is 13.2. The average molecular weight is 442 g/mol. The zero-order chi connectivity index (χ0) is 21.5. The van der Waals surface area contributed by atoms with E-state index < -0.39 is 9.84 Å². The predicted molar refractivity (Wildman–Crippen MR) is 118 cm³/mol. The van der Waals surface area contributed by atoms with Crippen LogP contribution in [0.3, 0.4) is 0 Å². The van der Waals surface area contributed by atoms with Crippen molar-refractivity contribution in [2.45, 2.75) is 49.0 Å². The number of benzene rings is 2. The fourth-order valence-corrected chi connectivity index (χ4v) is 6.47. The van der Waals surface area contributed by atoms with Crippen molar-refractivity contribution in [3.05, 3.63) is 69.9 Å². The van der Waals surface area contributed by atoms with Gasteiger partial charge in [-0.05, 0) is 50.6 Å². The summed E-state index contributed by atoms with van der Waals surface area (Å²) in [6.07, 6.45) is 0.358. The molecule has 0 fully saturated rings. The van der Waals surface area contributed by atoms with Gasteiger partial charge in [-0.15, -0.1) is 11.3 Å². The van der Waals surface area contributed by atoms with Crippen molar-refractivity contribution in [1.29, 1.82) is 0 Å². The minimum Gasteiger partial charge on any atom is -0.491 e. The van der Waals surface area contributed by atoms with Crippen molar-refractivity contribution < 1.29 is 17.9 Å². The van der Waals surface area contributed by atoms with Crippen molar-refractivity contribution >= 4 is 32.8 Å². The molecule has 1 aliphatic rings. The van der Waals surface area contributed by atoms with E-state index in [2.05, 4.69) is 5.32 Å². The lowest BCUT2D eigenvalue weighted by Gasteiger charge is -2.24. The summed E-state index contributed by atoms with van der Waals surface area (Å²) in [4.78, 5) is 13.7. The molecule has 0 spiro atoms. The number of carbonyl (C=O) groups is 1. The van der Waals surface area contributed by atoms with Gasteiger partial charge < -0.3 is 10.1 Å². The third-order valence-electron chi connectivity index (χ3n) is 5.03. The number of rotatable bonds is 5. The Kier molecular flexibility index (Phi) is 5.42. The zero-order valence-corrected chi connectivity index (χ0v) is 18.6. The molecule has 5 nitrogen and oxygen atoms in total. The largest absolute Gasteiger partial charge is 0.491 e. The maximum absolute atomic E-state index is 13.2. The van der Waals surface area contributed by atoms with Crippen molar-refractivity contribution in [3.8, 4) is 5.75 Å². The lowest BCUT2D eigenvalue weighted by atomic mass is 9.90. The van der Waals surface area contributed by atoms with Crippen molar-refractivity contribution in [1.82, 2.24) is 0 Å². The second kappa shape index (κ2) is 7.89. The van der Waals surface area contributed by atoms with Crippen LogP contribution in [-0.4, -0.2) is 20.4 Å². The predicted octanol–water partition coefficient (Wildman–Crippen LogP) is 5.15. The lowest BCUT2D eigenvalue weighted by Crippen LogP contribution is -2.23. The standard InChI is InChI=1S/C23H23NO4S2/c1-14(2)28-17-8-6-16(7-9-17)19-12-21(25)24-22-20(13-29-23(19)22)30(26,27)18-10-4-15(3)5-11-18/h4-11,13-14,19H,12H2,1-3H3,(H,24,25)/t19-/m0/s1. The van der Waals surface area contributed by atoms with Gasteiger partial charge in [0.1, 0.15) is 10.6 Å². The highest BCUT2D eigenvalue weighted by Gasteiger charge is 2.34. The van der Waals surface area contributed by atoms with Gasteiger partial charge in [0.2, 0.25) is 15.7 Å². The Morgan fingerprint density at radius 2 is 1.73 bits per heavy atom. The van der Waals surface area contributed by atoms with Crippen LogP contribution in [0.5, 0.6) is 5.75 Å². The summed E-state index contributed by atoms with van der Waals surface area (Å²) in [5.74, 6) is 0.394. The molecule has 0 saturated carbocycles. The molecule has 0 aliphatic carbocycles. The van der Waals surface area contributed by atoms with Gasteiger partial charge >= 0.3 is 0 Å². The first-order valence-corrected chi connectivity index (χ1v) is 12.1. The molecule has 1 aliphatic heterocycles. The smallest absolute Gasteiger partial charge is 0.225 e. The lowest BCUT2D eigenvalue weighted by molar-refractivity contribution is -0.116. The first-order chi connectivity index (χ1) is 14.3. The summed E-state index contributed by atoms with van der Waals surface area (Å²) in [6, 6.07) is 14.4. The summed E-state index contributed by atoms with van der Waals surface area (Å²) in [7, 11) is -3.73. The highest BCUT2D eigenvalue weighted by atomic mass is 32.2.